The van der Waals surface area contributed by atoms with E-state index in [1.807, 2.05) is 0 Å². The van der Waals surface area contributed by atoms with Crippen LogP contribution in [0, 0.1) is 0 Å². The fraction of sp³-hybridized carbons (Fsp3) is 0. The molecule has 0 amide bonds. The molecule has 0 unspecified atom stereocenters. The molecule has 0 heterocycles. The van der Waals surface area contributed by atoms with E-state index in [9.17, 15) is 8.42 Å². The van der Waals surface area contributed by atoms with Gasteiger partial charge in [0.2, 0.25) is 10.0 Å². The average Bonchev–Trinajstić information content (AvgIpc) is 2.35. The quantitative estimate of drug-likeness (QED) is 0.904. The third kappa shape index (κ3) is 3.56. The van der Waals surface area contributed by atoms with E-state index >= 15 is 0 Å². The van der Waals surface area contributed by atoms with Crippen molar-refractivity contribution in [3.05, 3.63) is 51.5 Å². The van der Waals surface area contributed by atoms with Crippen molar-refractivity contribution in [1.29, 1.82) is 0 Å². The van der Waals surface area contributed by atoms with Crippen molar-refractivity contribution in [2.75, 3.05) is 0 Å². The first-order valence-electron chi connectivity index (χ1n) is 5.22. The zero-order chi connectivity index (χ0) is 14.9. The Morgan fingerprint density at radius 2 is 1.60 bits per heavy atom. The van der Waals surface area contributed by atoms with Crippen molar-refractivity contribution < 1.29 is 13.2 Å². The molecule has 2 rings (SSSR count). The van der Waals surface area contributed by atoms with Gasteiger partial charge in [-0.1, -0.05) is 34.8 Å². The van der Waals surface area contributed by atoms with Crippen molar-refractivity contribution in [2.45, 2.75) is 4.90 Å². The van der Waals surface area contributed by atoms with Gasteiger partial charge in [0, 0.05) is 6.07 Å². The lowest BCUT2D eigenvalue weighted by molar-refractivity contribution is 0.482. The lowest BCUT2D eigenvalue weighted by Crippen LogP contribution is -2.11. The van der Waals surface area contributed by atoms with Crippen LogP contribution in [0.3, 0.4) is 0 Å². The first-order chi connectivity index (χ1) is 9.27. The Balaban J connectivity index is 2.32. The fourth-order valence-corrected chi connectivity index (χ4v) is 2.52. The van der Waals surface area contributed by atoms with Gasteiger partial charge in [0.05, 0.1) is 20.0 Å². The second-order valence-corrected chi connectivity index (χ2v) is 6.60. The number of rotatable bonds is 3. The maximum atomic E-state index is 11.2. The van der Waals surface area contributed by atoms with E-state index < -0.39 is 10.0 Å². The summed E-state index contributed by atoms with van der Waals surface area (Å²) in [6.07, 6.45) is 0. The number of halogens is 3. The van der Waals surface area contributed by atoms with E-state index in [1.165, 1.54) is 24.3 Å². The second-order valence-electron chi connectivity index (χ2n) is 3.82. The second kappa shape index (κ2) is 5.79. The third-order valence-corrected chi connectivity index (χ3v) is 4.30. The molecule has 2 N–H and O–H groups in total. The molecule has 2 aromatic carbocycles. The molecule has 20 heavy (non-hydrogen) atoms. The average molecular weight is 353 g/mol. The molecule has 0 aromatic heterocycles. The van der Waals surface area contributed by atoms with Crippen molar-refractivity contribution >= 4 is 44.8 Å². The number of benzene rings is 2. The largest absolute Gasteiger partial charge is 0.456 e. The molecule has 0 saturated carbocycles. The highest BCUT2D eigenvalue weighted by Crippen LogP contribution is 2.33. The zero-order valence-electron chi connectivity index (χ0n) is 9.81. The molecule has 0 fully saturated rings. The minimum atomic E-state index is -3.81. The van der Waals surface area contributed by atoms with Crippen molar-refractivity contribution in [3.8, 4) is 11.5 Å². The standard InChI is InChI=1S/C12H8Cl3NO3S/c13-9-3-1-7(5-10(9)14)19-12-4-2-8(6-11(12)15)20(16,17)18/h1-6H,(H2,16,17,18). The number of primary sulfonamides is 1. The summed E-state index contributed by atoms with van der Waals surface area (Å²) >= 11 is 17.6. The predicted molar refractivity (Wildman–Crippen MR) is 79.4 cm³/mol. The van der Waals surface area contributed by atoms with Gasteiger partial charge >= 0.3 is 0 Å². The summed E-state index contributed by atoms with van der Waals surface area (Å²) in [5, 5.41) is 5.85. The van der Waals surface area contributed by atoms with Crippen LogP contribution in [-0.4, -0.2) is 8.42 Å². The molecule has 0 aliphatic heterocycles. The first-order valence-corrected chi connectivity index (χ1v) is 7.90. The van der Waals surface area contributed by atoms with Crippen LogP contribution >= 0.6 is 34.8 Å². The molecule has 0 aliphatic carbocycles. The van der Waals surface area contributed by atoms with E-state index in [-0.39, 0.29) is 15.7 Å². The van der Waals surface area contributed by atoms with Gasteiger partial charge in [-0.25, -0.2) is 13.6 Å². The summed E-state index contributed by atoms with van der Waals surface area (Å²) in [6.45, 7) is 0. The Hall–Kier alpha value is -0.980. The Kier molecular flexibility index (Phi) is 4.46. The molecule has 0 spiro atoms. The van der Waals surface area contributed by atoms with Crippen LogP contribution in [0.2, 0.25) is 15.1 Å². The maximum absolute atomic E-state index is 11.2. The van der Waals surface area contributed by atoms with Gasteiger partial charge in [-0.3, -0.25) is 0 Å². The van der Waals surface area contributed by atoms with Gasteiger partial charge < -0.3 is 4.74 Å². The molecule has 106 valence electrons. The lowest BCUT2D eigenvalue weighted by atomic mass is 10.3. The number of sulfonamides is 1. The lowest BCUT2D eigenvalue weighted by Gasteiger charge is -2.09. The normalized spacial score (nSPS) is 11.4. The highest BCUT2D eigenvalue weighted by atomic mass is 35.5. The van der Waals surface area contributed by atoms with E-state index in [2.05, 4.69) is 0 Å². The summed E-state index contributed by atoms with van der Waals surface area (Å²) in [6, 6.07) is 8.63. The molecule has 2 aromatic rings. The summed E-state index contributed by atoms with van der Waals surface area (Å²) in [5.74, 6) is 0.696. The maximum Gasteiger partial charge on any atom is 0.238 e. The Bertz CT molecular complexity index is 763. The smallest absolute Gasteiger partial charge is 0.238 e. The van der Waals surface area contributed by atoms with Crippen LogP contribution in [0.5, 0.6) is 11.5 Å². The number of nitrogens with two attached hydrogens (primary N) is 1. The zero-order valence-corrected chi connectivity index (χ0v) is 12.9. The minimum Gasteiger partial charge on any atom is -0.456 e. The third-order valence-electron chi connectivity index (χ3n) is 2.35. The highest BCUT2D eigenvalue weighted by molar-refractivity contribution is 7.89. The summed E-state index contributed by atoms with van der Waals surface area (Å²) < 4.78 is 27.9. The molecular weight excluding hydrogens is 345 g/mol. The summed E-state index contributed by atoms with van der Waals surface area (Å²) in [5.41, 5.74) is 0. The van der Waals surface area contributed by atoms with Crippen LogP contribution in [0.1, 0.15) is 0 Å². The van der Waals surface area contributed by atoms with Crippen molar-refractivity contribution in [3.63, 3.8) is 0 Å². The van der Waals surface area contributed by atoms with E-state index in [4.69, 9.17) is 44.7 Å². The van der Waals surface area contributed by atoms with Gasteiger partial charge in [0.1, 0.15) is 11.5 Å². The number of hydrogen-bond acceptors (Lipinski definition) is 3. The van der Waals surface area contributed by atoms with Crippen molar-refractivity contribution in [2.24, 2.45) is 5.14 Å². The predicted octanol–water partition coefficient (Wildman–Crippen LogP) is 4.09. The number of hydrogen-bond donors (Lipinski definition) is 1. The molecule has 0 saturated heterocycles. The molecule has 0 radical (unpaired) electrons. The monoisotopic (exact) mass is 351 g/mol. The van der Waals surface area contributed by atoms with E-state index in [1.54, 1.807) is 12.1 Å². The molecule has 0 atom stereocenters. The van der Waals surface area contributed by atoms with Gasteiger partial charge in [-0.2, -0.15) is 0 Å². The van der Waals surface area contributed by atoms with Gasteiger partial charge in [-0.15, -0.1) is 0 Å². The highest BCUT2D eigenvalue weighted by Gasteiger charge is 2.12. The summed E-state index contributed by atoms with van der Waals surface area (Å²) in [7, 11) is -3.81. The topological polar surface area (TPSA) is 69.4 Å². The molecule has 0 bridgehead atoms. The van der Waals surface area contributed by atoms with Crippen LogP contribution < -0.4 is 9.88 Å². The minimum absolute atomic E-state index is 0.0935. The van der Waals surface area contributed by atoms with Crippen LogP contribution in [-0.2, 0) is 10.0 Å². The molecule has 4 nitrogen and oxygen atoms in total. The van der Waals surface area contributed by atoms with Crippen molar-refractivity contribution in [1.82, 2.24) is 0 Å². The van der Waals surface area contributed by atoms with Crippen LogP contribution in [0.25, 0.3) is 0 Å². The van der Waals surface area contributed by atoms with Gasteiger partial charge in [-0.05, 0) is 30.3 Å². The summed E-state index contributed by atoms with van der Waals surface area (Å²) in [4.78, 5) is -0.0935. The Morgan fingerprint density at radius 1 is 0.900 bits per heavy atom. The van der Waals surface area contributed by atoms with E-state index in [0.29, 0.717) is 15.8 Å². The SMILES string of the molecule is NS(=O)(=O)c1ccc(Oc2ccc(Cl)c(Cl)c2)c(Cl)c1. The Labute approximate surface area is 131 Å². The van der Waals surface area contributed by atoms with Gasteiger partial charge in [0.15, 0.2) is 0 Å². The number of ether oxygens (including phenoxy) is 1. The van der Waals surface area contributed by atoms with E-state index in [0.717, 1.165) is 0 Å². The van der Waals surface area contributed by atoms with Gasteiger partial charge in [0.25, 0.3) is 0 Å². The van der Waals surface area contributed by atoms with Crippen LogP contribution in [0.15, 0.2) is 41.3 Å². The Morgan fingerprint density at radius 3 is 2.15 bits per heavy atom. The van der Waals surface area contributed by atoms with Crippen LogP contribution in [0.4, 0.5) is 0 Å². The fourth-order valence-electron chi connectivity index (χ4n) is 1.41. The molecular formula is C12H8Cl3NO3S. The first kappa shape index (κ1) is 15.4. The molecule has 0 aliphatic rings. The molecule has 8 heteroatoms.